The highest BCUT2D eigenvalue weighted by molar-refractivity contribution is 5.95. The van der Waals surface area contributed by atoms with Crippen LogP contribution < -0.4 is 15.5 Å². The van der Waals surface area contributed by atoms with E-state index in [4.69, 9.17) is 0 Å². The molecule has 8 heteroatoms. The Morgan fingerprint density at radius 2 is 1.48 bits per heavy atom. The summed E-state index contributed by atoms with van der Waals surface area (Å²) in [5.41, 5.74) is 1.78. The van der Waals surface area contributed by atoms with Gasteiger partial charge in [0, 0.05) is 23.9 Å². The lowest BCUT2D eigenvalue weighted by atomic mass is 10.1. The average molecular weight is 399 g/mol. The summed E-state index contributed by atoms with van der Waals surface area (Å²) in [4.78, 5) is 38.8. The Morgan fingerprint density at radius 1 is 0.931 bits per heavy atom. The zero-order chi connectivity index (χ0) is 20.8. The molecule has 1 aliphatic rings. The van der Waals surface area contributed by atoms with E-state index in [1.54, 1.807) is 29.2 Å². The van der Waals surface area contributed by atoms with Crippen LogP contribution in [0.5, 0.6) is 0 Å². The predicted octanol–water partition coefficient (Wildman–Crippen LogP) is 0.764. The quantitative estimate of drug-likeness (QED) is 0.694. The van der Waals surface area contributed by atoms with Crippen molar-refractivity contribution < 1.29 is 23.7 Å². The maximum absolute atomic E-state index is 12.9. The van der Waals surface area contributed by atoms with Crippen LogP contribution in [0, 0.1) is 5.82 Å². The zero-order valence-corrected chi connectivity index (χ0v) is 16.2. The summed E-state index contributed by atoms with van der Waals surface area (Å²) < 4.78 is 12.9. The van der Waals surface area contributed by atoms with Gasteiger partial charge in [0.25, 0.3) is 11.8 Å². The molecule has 1 aliphatic heterocycles. The molecule has 0 saturated carbocycles. The molecular weight excluding hydrogens is 375 g/mol. The van der Waals surface area contributed by atoms with E-state index in [1.807, 2.05) is 0 Å². The highest BCUT2D eigenvalue weighted by Crippen LogP contribution is 2.12. The lowest BCUT2D eigenvalue weighted by Gasteiger charge is -2.32. The fraction of sp³-hybridized carbons (Fsp3) is 0.286. The summed E-state index contributed by atoms with van der Waals surface area (Å²) in [7, 11) is 0. The van der Waals surface area contributed by atoms with E-state index in [1.165, 1.54) is 31.2 Å². The fourth-order valence-corrected chi connectivity index (χ4v) is 3.25. The number of quaternary nitrogens is 1. The fourth-order valence-electron chi connectivity index (χ4n) is 3.25. The number of carbonyl (C=O) groups excluding carboxylic acids is 3. The maximum atomic E-state index is 12.9. The first-order valence-corrected chi connectivity index (χ1v) is 9.46. The molecule has 0 aromatic heterocycles. The van der Waals surface area contributed by atoms with Crippen molar-refractivity contribution in [3.8, 4) is 0 Å². The number of nitrogens with zero attached hydrogens (tertiary/aromatic N) is 1. The molecule has 0 unspecified atom stereocenters. The number of hydrogen-bond acceptors (Lipinski definition) is 3. The molecule has 1 fully saturated rings. The number of carbonyl (C=O) groups is 3. The van der Waals surface area contributed by atoms with Gasteiger partial charge in [0.2, 0.25) is 5.91 Å². The summed E-state index contributed by atoms with van der Waals surface area (Å²) in [5.74, 6) is -0.708. The van der Waals surface area contributed by atoms with Crippen LogP contribution in [0.15, 0.2) is 48.5 Å². The van der Waals surface area contributed by atoms with Crippen molar-refractivity contribution in [3.63, 3.8) is 0 Å². The van der Waals surface area contributed by atoms with Crippen LogP contribution in [0.2, 0.25) is 0 Å². The Balaban J connectivity index is 1.47. The molecule has 7 nitrogen and oxygen atoms in total. The first kappa shape index (κ1) is 20.5. The molecule has 2 aromatic carbocycles. The lowest BCUT2D eigenvalue weighted by molar-refractivity contribution is -0.895. The zero-order valence-electron chi connectivity index (χ0n) is 16.2. The first-order valence-electron chi connectivity index (χ1n) is 9.46. The molecule has 3 rings (SSSR count). The van der Waals surface area contributed by atoms with Gasteiger partial charge in [-0.15, -0.1) is 0 Å². The minimum Gasteiger partial charge on any atom is -0.327 e. The monoisotopic (exact) mass is 399 g/mol. The number of anilines is 2. The number of halogens is 1. The molecule has 0 spiro atoms. The highest BCUT2D eigenvalue weighted by Gasteiger charge is 2.26. The smallest absolute Gasteiger partial charge is 0.279 e. The molecule has 0 atom stereocenters. The third kappa shape index (κ3) is 5.86. The third-order valence-electron chi connectivity index (χ3n) is 4.75. The van der Waals surface area contributed by atoms with Crippen LogP contribution >= 0.6 is 0 Å². The third-order valence-corrected chi connectivity index (χ3v) is 4.75. The molecule has 1 heterocycles. The number of amides is 3. The second-order valence-electron chi connectivity index (χ2n) is 7.03. The van der Waals surface area contributed by atoms with Crippen LogP contribution in [0.3, 0.4) is 0 Å². The number of hydrogen-bond donors (Lipinski definition) is 3. The number of rotatable bonds is 5. The Bertz CT molecular complexity index is 876. The summed E-state index contributed by atoms with van der Waals surface area (Å²) in [6.07, 6.45) is 0. The molecular formula is C21H24FN4O3+. The van der Waals surface area contributed by atoms with Gasteiger partial charge < -0.3 is 20.4 Å². The van der Waals surface area contributed by atoms with Crippen LogP contribution in [0.4, 0.5) is 15.8 Å². The van der Waals surface area contributed by atoms with E-state index in [-0.39, 0.29) is 23.5 Å². The normalized spacial score (nSPS) is 14.3. The number of piperazine rings is 1. The van der Waals surface area contributed by atoms with Crippen molar-refractivity contribution in [3.05, 3.63) is 59.9 Å². The van der Waals surface area contributed by atoms with Gasteiger partial charge >= 0.3 is 0 Å². The molecule has 29 heavy (non-hydrogen) atoms. The van der Waals surface area contributed by atoms with Gasteiger partial charge in [-0.3, -0.25) is 14.4 Å². The minimum absolute atomic E-state index is 0.0609. The van der Waals surface area contributed by atoms with E-state index < -0.39 is 0 Å². The standard InChI is InChI=1S/C21H23FN4O3/c1-15(27)23-18-6-2-16(3-7-18)21(29)26-12-10-25(11-13-26)14-20(28)24-19-8-4-17(22)5-9-19/h2-9H,10-14H2,1H3,(H,23,27)(H,24,28)/p+1. The molecule has 0 aliphatic carbocycles. The predicted molar refractivity (Wildman–Crippen MR) is 107 cm³/mol. The van der Waals surface area contributed by atoms with Crippen molar-refractivity contribution in [2.75, 3.05) is 43.4 Å². The molecule has 152 valence electrons. The van der Waals surface area contributed by atoms with Crippen LogP contribution in [0.1, 0.15) is 17.3 Å². The van der Waals surface area contributed by atoms with Crippen LogP contribution in [-0.4, -0.2) is 55.3 Å². The first-order chi connectivity index (χ1) is 13.9. The van der Waals surface area contributed by atoms with Crippen molar-refractivity contribution in [2.24, 2.45) is 0 Å². The van der Waals surface area contributed by atoms with Crippen molar-refractivity contribution in [1.82, 2.24) is 4.90 Å². The van der Waals surface area contributed by atoms with Gasteiger partial charge in [0.15, 0.2) is 6.54 Å². The van der Waals surface area contributed by atoms with Crippen LogP contribution in [0.25, 0.3) is 0 Å². The Hall–Kier alpha value is -3.26. The van der Waals surface area contributed by atoms with E-state index in [0.29, 0.717) is 49.7 Å². The Morgan fingerprint density at radius 3 is 2.07 bits per heavy atom. The van der Waals surface area contributed by atoms with Gasteiger partial charge in [-0.05, 0) is 48.5 Å². The molecule has 2 aromatic rings. The van der Waals surface area contributed by atoms with Crippen molar-refractivity contribution >= 4 is 29.1 Å². The van der Waals surface area contributed by atoms with Gasteiger partial charge in [0.1, 0.15) is 5.82 Å². The van der Waals surface area contributed by atoms with Gasteiger partial charge in [-0.2, -0.15) is 0 Å². The minimum atomic E-state index is -0.348. The molecule has 3 amide bonds. The van der Waals surface area contributed by atoms with Gasteiger partial charge in [-0.25, -0.2) is 4.39 Å². The number of nitrogens with one attached hydrogen (secondary N) is 3. The van der Waals surface area contributed by atoms with E-state index >= 15 is 0 Å². The van der Waals surface area contributed by atoms with E-state index in [9.17, 15) is 18.8 Å². The SMILES string of the molecule is CC(=O)Nc1ccc(C(=O)N2CC[NH+](CC(=O)Nc3ccc(F)cc3)CC2)cc1. The summed E-state index contributed by atoms with van der Waals surface area (Å²) >= 11 is 0. The largest absolute Gasteiger partial charge is 0.327 e. The van der Waals surface area contributed by atoms with E-state index in [2.05, 4.69) is 10.6 Å². The van der Waals surface area contributed by atoms with Crippen LogP contribution in [-0.2, 0) is 9.59 Å². The molecule has 0 radical (unpaired) electrons. The number of benzene rings is 2. The van der Waals surface area contributed by atoms with Crippen molar-refractivity contribution in [2.45, 2.75) is 6.92 Å². The average Bonchev–Trinajstić information content (AvgIpc) is 2.70. The Kier molecular flexibility index (Phi) is 6.56. The Labute approximate surface area is 168 Å². The molecule has 1 saturated heterocycles. The van der Waals surface area contributed by atoms with Crippen molar-refractivity contribution in [1.29, 1.82) is 0 Å². The van der Waals surface area contributed by atoms with Gasteiger partial charge in [0.05, 0.1) is 26.2 Å². The second-order valence-corrected chi connectivity index (χ2v) is 7.03. The summed E-state index contributed by atoms with van der Waals surface area (Å²) in [5, 5.41) is 5.43. The molecule has 3 N–H and O–H groups in total. The lowest BCUT2D eigenvalue weighted by Crippen LogP contribution is -3.15. The second kappa shape index (κ2) is 9.29. The molecule has 0 bridgehead atoms. The highest BCUT2D eigenvalue weighted by atomic mass is 19.1. The maximum Gasteiger partial charge on any atom is 0.279 e. The topological polar surface area (TPSA) is 83.0 Å². The summed E-state index contributed by atoms with van der Waals surface area (Å²) in [6.45, 7) is 4.20. The van der Waals surface area contributed by atoms with E-state index in [0.717, 1.165) is 4.90 Å². The summed E-state index contributed by atoms with van der Waals surface area (Å²) in [6, 6.07) is 12.5. The van der Waals surface area contributed by atoms with Gasteiger partial charge in [-0.1, -0.05) is 0 Å².